The molecule has 5 aliphatic heterocycles. The number of rotatable bonds is 4. The molecule has 0 radical (unpaired) electrons. The van der Waals surface area contributed by atoms with Gasteiger partial charge in [0, 0.05) is 54.9 Å². The first kappa shape index (κ1) is 17.9. The lowest BCUT2D eigenvalue weighted by Crippen LogP contribution is -2.57. The van der Waals surface area contributed by atoms with E-state index in [1.807, 2.05) is 0 Å². The third-order valence-corrected chi connectivity index (χ3v) is 9.08. The maximum atomic E-state index is 13.0. The van der Waals surface area contributed by atoms with Crippen molar-refractivity contribution in [2.24, 2.45) is 5.92 Å². The standard InChI is InChI=1S/C23H29N5OS/c29-23(24-20-13-26-7-5-14(20)6-8-26)22-19-4-3-16(10-21(19)30-25-22)28-12-17-9-18(28)11-27(17)15-1-2-15/h3-4,10,14-15,17-18,20H,1-2,5-9,11-13H2,(H,24,29)/t17-,18-,20+/m0/s1. The van der Waals surface area contributed by atoms with Gasteiger partial charge in [-0.1, -0.05) is 0 Å². The molecule has 7 heteroatoms. The number of anilines is 1. The van der Waals surface area contributed by atoms with Gasteiger partial charge in [0.25, 0.3) is 5.91 Å². The molecule has 2 aromatic rings. The zero-order valence-electron chi connectivity index (χ0n) is 17.3. The Morgan fingerprint density at radius 2 is 1.90 bits per heavy atom. The van der Waals surface area contributed by atoms with Gasteiger partial charge < -0.3 is 15.1 Å². The molecule has 6 heterocycles. The number of nitrogens with one attached hydrogen (secondary N) is 1. The summed E-state index contributed by atoms with van der Waals surface area (Å²) in [5, 5.41) is 4.31. The maximum absolute atomic E-state index is 13.0. The summed E-state index contributed by atoms with van der Waals surface area (Å²) >= 11 is 1.47. The van der Waals surface area contributed by atoms with E-state index in [1.165, 1.54) is 69.0 Å². The zero-order chi connectivity index (χ0) is 19.8. The molecule has 5 saturated heterocycles. The van der Waals surface area contributed by atoms with Gasteiger partial charge in [-0.15, -0.1) is 0 Å². The van der Waals surface area contributed by atoms with Crippen molar-refractivity contribution in [1.29, 1.82) is 0 Å². The number of hydrogen-bond donors (Lipinski definition) is 1. The molecular formula is C23H29N5OS. The fourth-order valence-electron chi connectivity index (χ4n) is 6.50. The summed E-state index contributed by atoms with van der Waals surface area (Å²) in [4.78, 5) is 20.8. The Morgan fingerprint density at radius 1 is 1.03 bits per heavy atom. The number of fused-ring (bicyclic) bond motifs is 6. The highest BCUT2D eigenvalue weighted by Crippen LogP contribution is 2.41. The summed E-state index contributed by atoms with van der Waals surface area (Å²) in [7, 11) is 0. The van der Waals surface area contributed by atoms with Crippen LogP contribution in [0.25, 0.3) is 10.1 Å². The number of amides is 1. The topological polar surface area (TPSA) is 51.7 Å². The molecule has 3 atom stereocenters. The van der Waals surface area contributed by atoms with Crippen molar-refractivity contribution in [1.82, 2.24) is 19.5 Å². The maximum Gasteiger partial charge on any atom is 0.271 e. The summed E-state index contributed by atoms with van der Waals surface area (Å²) < 4.78 is 5.70. The molecule has 6 aliphatic rings. The molecule has 1 saturated carbocycles. The summed E-state index contributed by atoms with van der Waals surface area (Å²) in [5.41, 5.74) is 1.92. The van der Waals surface area contributed by atoms with Crippen LogP contribution in [0.2, 0.25) is 0 Å². The summed E-state index contributed by atoms with van der Waals surface area (Å²) in [6, 6.07) is 9.16. The first-order valence-electron chi connectivity index (χ1n) is 11.7. The van der Waals surface area contributed by atoms with Crippen molar-refractivity contribution in [3.05, 3.63) is 23.9 Å². The van der Waals surface area contributed by atoms with Crippen molar-refractivity contribution < 1.29 is 4.79 Å². The van der Waals surface area contributed by atoms with E-state index in [9.17, 15) is 4.79 Å². The molecule has 0 unspecified atom stereocenters. The molecule has 30 heavy (non-hydrogen) atoms. The summed E-state index contributed by atoms with van der Waals surface area (Å²) in [6.45, 7) is 5.76. The van der Waals surface area contributed by atoms with Crippen molar-refractivity contribution >= 4 is 33.2 Å². The fourth-order valence-corrected chi connectivity index (χ4v) is 7.31. The second-order valence-corrected chi connectivity index (χ2v) is 10.9. The summed E-state index contributed by atoms with van der Waals surface area (Å²) in [6.07, 6.45) is 6.54. The van der Waals surface area contributed by atoms with Crippen molar-refractivity contribution in [2.75, 3.05) is 37.6 Å². The predicted octanol–water partition coefficient (Wildman–Crippen LogP) is 2.55. The minimum Gasteiger partial charge on any atom is -0.366 e. The second kappa shape index (κ2) is 6.65. The monoisotopic (exact) mass is 423 g/mol. The van der Waals surface area contributed by atoms with Crippen LogP contribution in [0.5, 0.6) is 0 Å². The van der Waals surface area contributed by atoms with Gasteiger partial charge in [-0.2, -0.15) is 4.37 Å². The molecule has 1 aromatic heterocycles. The quantitative estimate of drug-likeness (QED) is 0.819. The first-order valence-corrected chi connectivity index (χ1v) is 12.5. The van der Waals surface area contributed by atoms with Gasteiger partial charge in [0.05, 0.1) is 4.70 Å². The molecule has 1 aliphatic carbocycles. The van der Waals surface area contributed by atoms with E-state index in [1.54, 1.807) is 0 Å². The third kappa shape index (κ3) is 2.82. The van der Waals surface area contributed by atoms with E-state index in [2.05, 4.69) is 42.6 Å². The lowest BCUT2D eigenvalue weighted by Gasteiger charge is -2.44. The smallest absolute Gasteiger partial charge is 0.271 e. The molecule has 4 bridgehead atoms. The van der Waals surface area contributed by atoms with E-state index in [0.29, 0.717) is 17.7 Å². The van der Waals surface area contributed by atoms with Crippen molar-refractivity contribution in [2.45, 2.75) is 56.3 Å². The van der Waals surface area contributed by atoms with Crippen LogP contribution in [0.1, 0.15) is 42.6 Å². The van der Waals surface area contributed by atoms with Crippen molar-refractivity contribution in [3.63, 3.8) is 0 Å². The Kier molecular flexibility index (Phi) is 3.97. The largest absolute Gasteiger partial charge is 0.366 e. The molecule has 6 nitrogen and oxygen atoms in total. The van der Waals surface area contributed by atoms with Crippen LogP contribution in [0.15, 0.2) is 18.2 Å². The Balaban J connectivity index is 1.09. The van der Waals surface area contributed by atoms with E-state index in [4.69, 9.17) is 0 Å². The highest BCUT2D eigenvalue weighted by atomic mass is 32.1. The predicted molar refractivity (Wildman–Crippen MR) is 119 cm³/mol. The number of carbonyl (C=O) groups excluding carboxylic acids is 1. The SMILES string of the molecule is O=C(N[C@@H]1CN2CCC1CC2)c1nsc2cc(N3C[C@@H]4C[C@H]3CN4C3CC3)ccc12. The highest BCUT2D eigenvalue weighted by Gasteiger charge is 2.48. The minimum atomic E-state index is 0.00746. The lowest BCUT2D eigenvalue weighted by molar-refractivity contribution is 0.0619. The average Bonchev–Trinajstić information content (AvgIpc) is 3.22. The van der Waals surface area contributed by atoms with Gasteiger partial charge in [-0.25, -0.2) is 0 Å². The van der Waals surface area contributed by atoms with E-state index in [-0.39, 0.29) is 11.9 Å². The molecule has 158 valence electrons. The van der Waals surface area contributed by atoms with Crippen molar-refractivity contribution in [3.8, 4) is 0 Å². The first-order chi connectivity index (χ1) is 14.7. The van der Waals surface area contributed by atoms with Gasteiger partial charge in [0.2, 0.25) is 0 Å². The van der Waals surface area contributed by atoms with Crippen LogP contribution in [-0.4, -0.2) is 77.0 Å². The summed E-state index contributed by atoms with van der Waals surface area (Å²) in [5.74, 6) is 0.643. The molecule has 6 fully saturated rings. The minimum absolute atomic E-state index is 0.00746. The number of carbonyl (C=O) groups is 1. The molecule has 0 spiro atoms. The lowest BCUT2D eigenvalue weighted by atomic mass is 9.84. The third-order valence-electron chi connectivity index (χ3n) is 8.27. The van der Waals surface area contributed by atoms with Gasteiger partial charge in [-0.3, -0.25) is 9.69 Å². The molecule has 1 amide bonds. The van der Waals surface area contributed by atoms with Crippen LogP contribution < -0.4 is 10.2 Å². The van der Waals surface area contributed by atoms with Gasteiger partial charge >= 0.3 is 0 Å². The normalized spacial score (nSPS) is 35.5. The average molecular weight is 424 g/mol. The van der Waals surface area contributed by atoms with Gasteiger partial charge in [0.15, 0.2) is 0 Å². The second-order valence-electron chi connectivity index (χ2n) is 10.1. The van der Waals surface area contributed by atoms with E-state index in [0.717, 1.165) is 35.3 Å². The van der Waals surface area contributed by atoms with Crippen LogP contribution in [0.4, 0.5) is 5.69 Å². The molecular weight excluding hydrogens is 394 g/mol. The number of benzene rings is 1. The van der Waals surface area contributed by atoms with E-state index < -0.39 is 0 Å². The van der Waals surface area contributed by atoms with Crippen LogP contribution in [0.3, 0.4) is 0 Å². The molecule has 8 rings (SSSR count). The highest BCUT2D eigenvalue weighted by molar-refractivity contribution is 7.13. The Labute approximate surface area is 181 Å². The van der Waals surface area contributed by atoms with E-state index >= 15 is 0 Å². The molecule has 1 N–H and O–H groups in total. The number of aromatic nitrogens is 1. The fraction of sp³-hybridized carbons (Fsp3) is 0.652. The number of nitrogens with zero attached hydrogens (tertiary/aromatic N) is 4. The number of piperazine rings is 1. The number of piperidine rings is 3. The van der Waals surface area contributed by atoms with Gasteiger partial charge in [0.1, 0.15) is 5.69 Å². The number of likely N-dealkylation sites (tertiary alicyclic amines) is 1. The Bertz CT molecular complexity index is 995. The van der Waals surface area contributed by atoms with Crippen LogP contribution in [0, 0.1) is 5.92 Å². The number of hydrogen-bond acceptors (Lipinski definition) is 6. The Morgan fingerprint density at radius 3 is 2.60 bits per heavy atom. The molecule has 1 aromatic carbocycles. The van der Waals surface area contributed by atoms with Gasteiger partial charge in [-0.05, 0) is 80.8 Å². The van der Waals surface area contributed by atoms with Crippen LogP contribution in [-0.2, 0) is 0 Å². The Hall–Kier alpha value is -1.70. The zero-order valence-corrected chi connectivity index (χ0v) is 18.1. The van der Waals surface area contributed by atoms with Crippen LogP contribution >= 0.6 is 11.5 Å².